The predicted molar refractivity (Wildman–Crippen MR) is 114 cm³/mol. The predicted octanol–water partition coefficient (Wildman–Crippen LogP) is 3.30. The molecule has 0 radical (unpaired) electrons. The van der Waals surface area contributed by atoms with E-state index in [2.05, 4.69) is 25.3 Å². The van der Waals surface area contributed by atoms with Gasteiger partial charge in [0.15, 0.2) is 10.9 Å². The maximum absolute atomic E-state index is 12.4. The Kier molecular flexibility index (Phi) is 5.63. The zero-order valence-electron chi connectivity index (χ0n) is 17.0. The van der Waals surface area contributed by atoms with Crippen LogP contribution >= 0.6 is 11.8 Å². The molecule has 0 saturated heterocycles. The standard InChI is InChI=1S/C21H21N5O3S/c1-11-14-9-13(29-3)7-8-15(14)25-21(23-11)30-10-18(28)26-20-22-12(2)19-16(24-20)5-4-6-17(19)27/h7-9H,4-6,10H2,1-3H3,(H,22,24,26,28). The third-order valence-corrected chi connectivity index (χ3v) is 5.76. The fraction of sp³-hybridized carbons (Fsp3) is 0.333. The number of nitrogens with zero attached hydrogens (tertiary/aromatic N) is 4. The Morgan fingerprint density at radius 3 is 2.77 bits per heavy atom. The number of aromatic nitrogens is 4. The first-order chi connectivity index (χ1) is 14.4. The van der Waals surface area contributed by atoms with Crippen molar-refractivity contribution in [1.82, 2.24) is 19.9 Å². The number of Topliss-reactive ketones (excluding diaryl/α,β-unsaturated/α-hetero) is 1. The molecule has 0 atom stereocenters. The molecule has 1 aromatic carbocycles. The van der Waals surface area contributed by atoms with Gasteiger partial charge in [0.1, 0.15) is 5.75 Å². The number of fused-ring (bicyclic) bond motifs is 2. The molecule has 0 saturated carbocycles. The molecule has 1 aliphatic carbocycles. The van der Waals surface area contributed by atoms with Gasteiger partial charge in [0.25, 0.3) is 0 Å². The van der Waals surface area contributed by atoms with Crippen molar-refractivity contribution >= 4 is 40.3 Å². The van der Waals surface area contributed by atoms with E-state index in [1.807, 2.05) is 25.1 Å². The fourth-order valence-electron chi connectivity index (χ4n) is 3.49. The summed E-state index contributed by atoms with van der Waals surface area (Å²) >= 11 is 1.24. The molecular weight excluding hydrogens is 402 g/mol. The van der Waals surface area contributed by atoms with E-state index in [1.54, 1.807) is 14.0 Å². The van der Waals surface area contributed by atoms with Gasteiger partial charge in [0, 0.05) is 17.5 Å². The summed E-state index contributed by atoms with van der Waals surface area (Å²) in [5, 5.41) is 4.15. The van der Waals surface area contributed by atoms with E-state index in [0.29, 0.717) is 28.5 Å². The number of anilines is 1. The van der Waals surface area contributed by atoms with Crippen molar-refractivity contribution in [1.29, 1.82) is 0 Å². The van der Waals surface area contributed by atoms with Gasteiger partial charge in [-0.15, -0.1) is 0 Å². The Labute approximate surface area is 177 Å². The topological polar surface area (TPSA) is 107 Å². The number of thioether (sulfide) groups is 1. The minimum Gasteiger partial charge on any atom is -0.497 e. The van der Waals surface area contributed by atoms with Crippen LogP contribution in [0.3, 0.4) is 0 Å². The van der Waals surface area contributed by atoms with Gasteiger partial charge >= 0.3 is 0 Å². The zero-order valence-corrected chi connectivity index (χ0v) is 17.8. The third-order valence-electron chi connectivity index (χ3n) is 4.92. The van der Waals surface area contributed by atoms with Gasteiger partial charge in [0.2, 0.25) is 11.9 Å². The molecule has 154 valence electrons. The van der Waals surface area contributed by atoms with Crippen molar-refractivity contribution in [2.24, 2.45) is 0 Å². The van der Waals surface area contributed by atoms with Crippen molar-refractivity contribution < 1.29 is 14.3 Å². The first-order valence-corrected chi connectivity index (χ1v) is 10.6. The van der Waals surface area contributed by atoms with Crippen LogP contribution in [0.25, 0.3) is 10.9 Å². The van der Waals surface area contributed by atoms with Gasteiger partial charge < -0.3 is 4.74 Å². The average Bonchev–Trinajstić information content (AvgIpc) is 2.72. The van der Waals surface area contributed by atoms with Crippen LogP contribution in [-0.2, 0) is 11.2 Å². The Balaban J connectivity index is 1.45. The Hall–Kier alpha value is -3.07. The summed E-state index contributed by atoms with van der Waals surface area (Å²) in [6, 6.07) is 5.61. The van der Waals surface area contributed by atoms with E-state index in [1.165, 1.54) is 11.8 Å². The largest absolute Gasteiger partial charge is 0.497 e. The first-order valence-electron chi connectivity index (χ1n) is 9.60. The molecule has 1 N–H and O–H groups in total. The highest BCUT2D eigenvalue weighted by molar-refractivity contribution is 7.99. The normalized spacial score (nSPS) is 13.2. The molecule has 1 aliphatic rings. The molecular formula is C21H21N5O3S. The molecule has 30 heavy (non-hydrogen) atoms. The molecule has 3 aromatic rings. The summed E-state index contributed by atoms with van der Waals surface area (Å²) in [4.78, 5) is 42.1. The van der Waals surface area contributed by atoms with Crippen molar-refractivity contribution in [2.75, 3.05) is 18.2 Å². The van der Waals surface area contributed by atoms with Gasteiger partial charge in [0.05, 0.1) is 35.3 Å². The number of methoxy groups -OCH3 is 1. The zero-order chi connectivity index (χ0) is 21.3. The van der Waals surface area contributed by atoms with Crippen LogP contribution in [0.2, 0.25) is 0 Å². The Morgan fingerprint density at radius 2 is 1.97 bits per heavy atom. The Bertz CT molecular complexity index is 1170. The van der Waals surface area contributed by atoms with Crippen LogP contribution in [-0.4, -0.2) is 44.5 Å². The lowest BCUT2D eigenvalue weighted by molar-refractivity contribution is -0.113. The lowest BCUT2D eigenvalue weighted by Crippen LogP contribution is -2.21. The lowest BCUT2D eigenvalue weighted by atomic mass is 9.94. The van der Waals surface area contributed by atoms with E-state index in [0.717, 1.165) is 35.2 Å². The molecule has 0 unspecified atom stereocenters. The smallest absolute Gasteiger partial charge is 0.237 e. The van der Waals surface area contributed by atoms with Crippen LogP contribution in [0.1, 0.15) is 40.3 Å². The van der Waals surface area contributed by atoms with E-state index in [9.17, 15) is 9.59 Å². The van der Waals surface area contributed by atoms with Crippen LogP contribution in [0.5, 0.6) is 5.75 Å². The van der Waals surface area contributed by atoms with E-state index >= 15 is 0 Å². The fourth-order valence-corrected chi connectivity index (χ4v) is 4.19. The highest BCUT2D eigenvalue weighted by atomic mass is 32.2. The number of aryl methyl sites for hydroxylation is 3. The second kappa shape index (κ2) is 8.35. The van der Waals surface area contributed by atoms with Crippen LogP contribution in [0.15, 0.2) is 23.4 Å². The first kappa shape index (κ1) is 20.2. The summed E-state index contributed by atoms with van der Waals surface area (Å²) < 4.78 is 5.25. The number of carbonyl (C=O) groups excluding carboxylic acids is 2. The summed E-state index contributed by atoms with van der Waals surface area (Å²) in [6.45, 7) is 3.67. The number of ether oxygens (including phenoxy) is 1. The van der Waals surface area contributed by atoms with Gasteiger partial charge in [-0.05, 0) is 44.9 Å². The minimum absolute atomic E-state index is 0.0728. The molecule has 2 heterocycles. The van der Waals surface area contributed by atoms with Gasteiger partial charge in [-0.25, -0.2) is 19.9 Å². The number of rotatable bonds is 5. The number of carbonyl (C=O) groups is 2. The number of benzene rings is 1. The number of hydrogen-bond acceptors (Lipinski definition) is 8. The molecule has 4 rings (SSSR count). The minimum atomic E-state index is -0.252. The van der Waals surface area contributed by atoms with Gasteiger partial charge in [-0.3, -0.25) is 14.9 Å². The second-order valence-electron chi connectivity index (χ2n) is 7.04. The molecule has 2 aromatic heterocycles. The highest BCUT2D eigenvalue weighted by Crippen LogP contribution is 2.25. The number of ketones is 1. The number of hydrogen-bond donors (Lipinski definition) is 1. The summed E-state index contributed by atoms with van der Waals surface area (Å²) in [7, 11) is 1.62. The molecule has 9 heteroatoms. The molecule has 0 aliphatic heterocycles. The van der Waals surface area contributed by atoms with Crippen molar-refractivity contribution in [3.05, 3.63) is 40.8 Å². The number of amides is 1. The monoisotopic (exact) mass is 423 g/mol. The molecule has 0 fully saturated rings. The molecule has 0 spiro atoms. The van der Waals surface area contributed by atoms with Crippen LogP contribution in [0.4, 0.5) is 5.95 Å². The third kappa shape index (κ3) is 4.11. The average molecular weight is 423 g/mol. The molecule has 0 bridgehead atoms. The number of nitrogens with one attached hydrogen (secondary N) is 1. The van der Waals surface area contributed by atoms with E-state index in [4.69, 9.17) is 4.74 Å². The maximum atomic E-state index is 12.4. The second-order valence-corrected chi connectivity index (χ2v) is 7.99. The lowest BCUT2D eigenvalue weighted by Gasteiger charge is -2.16. The summed E-state index contributed by atoms with van der Waals surface area (Å²) in [5.74, 6) is 0.922. The maximum Gasteiger partial charge on any atom is 0.237 e. The SMILES string of the molecule is COc1ccc2nc(SCC(=O)Nc3nc(C)c4c(n3)CCCC4=O)nc(C)c2c1. The van der Waals surface area contributed by atoms with Crippen LogP contribution < -0.4 is 10.1 Å². The van der Waals surface area contributed by atoms with Gasteiger partial charge in [-0.1, -0.05) is 11.8 Å². The van der Waals surface area contributed by atoms with E-state index < -0.39 is 0 Å². The van der Waals surface area contributed by atoms with Crippen LogP contribution in [0, 0.1) is 13.8 Å². The Morgan fingerprint density at radius 1 is 1.13 bits per heavy atom. The van der Waals surface area contributed by atoms with Gasteiger partial charge in [-0.2, -0.15) is 0 Å². The summed E-state index contributed by atoms with van der Waals surface area (Å²) in [5.41, 5.74) is 3.54. The quantitative estimate of drug-likeness (QED) is 0.492. The molecule has 8 nitrogen and oxygen atoms in total. The summed E-state index contributed by atoms with van der Waals surface area (Å²) in [6.07, 6.45) is 2.02. The van der Waals surface area contributed by atoms with Crippen molar-refractivity contribution in [3.63, 3.8) is 0 Å². The van der Waals surface area contributed by atoms with E-state index in [-0.39, 0.29) is 23.4 Å². The van der Waals surface area contributed by atoms with Crippen molar-refractivity contribution in [3.8, 4) is 5.75 Å². The van der Waals surface area contributed by atoms with Crippen molar-refractivity contribution in [2.45, 2.75) is 38.3 Å². The highest BCUT2D eigenvalue weighted by Gasteiger charge is 2.23. The molecule has 1 amide bonds.